The van der Waals surface area contributed by atoms with Gasteiger partial charge in [-0.05, 0) is 50.2 Å². The molecule has 5 heterocycles. The minimum atomic E-state index is -0.852. The Labute approximate surface area is 184 Å². The van der Waals surface area contributed by atoms with E-state index in [4.69, 9.17) is 19.2 Å². The van der Waals surface area contributed by atoms with Crippen molar-refractivity contribution in [1.82, 2.24) is 15.0 Å². The molecular weight excluding hydrogens is 420 g/mol. The van der Waals surface area contributed by atoms with Gasteiger partial charge in [-0.1, -0.05) is 19.1 Å². The van der Waals surface area contributed by atoms with E-state index in [0.717, 1.165) is 31.7 Å². The van der Waals surface area contributed by atoms with Gasteiger partial charge in [0.15, 0.2) is 18.1 Å². The molecule has 0 unspecified atom stereocenters. The van der Waals surface area contributed by atoms with Crippen LogP contribution in [0.1, 0.15) is 52.7 Å². The summed E-state index contributed by atoms with van der Waals surface area (Å²) in [7, 11) is 0. The number of nitrogens with zero attached hydrogens (tertiary/aromatic N) is 3. The summed E-state index contributed by atoms with van der Waals surface area (Å²) in [5, 5.41) is 8.41. The molecule has 1 aromatic heterocycles. The van der Waals surface area contributed by atoms with Gasteiger partial charge in [-0.2, -0.15) is 0 Å². The van der Waals surface area contributed by atoms with Crippen molar-refractivity contribution < 1.29 is 28.0 Å². The number of hydrogen-bond donors (Lipinski definition) is 0. The summed E-state index contributed by atoms with van der Waals surface area (Å²) in [5.41, 5.74) is 0.0531. The second-order valence-corrected chi connectivity index (χ2v) is 10.0. The molecule has 9 heteroatoms. The van der Waals surface area contributed by atoms with E-state index < -0.39 is 35.5 Å². The van der Waals surface area contributed by atoms with Crippen LogP contribution in [0.4, 0.5) is 8.78 Å². The van der Waals surface area contributed by atoms with Gasteiger partial charge in [0, 0.05) is 29.9 Å². The predicted octanol–water partition coefficient (Wildman–Crippen LogP) is 4.60. The largest absolute Gasteiger partial charge is 0.324 e. The third-order valence-corrected chi connectivity index (χ3v) is 8.05. The Balaban J connectivity index is 1.37. The average Bonchev–Trinajstić information content (AvgIpc) is 3.12. The lowest BCUT2D eigenvalue weighted by molar-refractivity contribution is -0.574. The Kier molecular flexibility index (Phi) is 4.54. The van der Waals surface area contributed by atoms with Gasteiger partial charge in [-0.15, -0.1) is 5.10 Å². The van der Waals surface area contributed by atoms with Crippen molar-refractivity contribution in [2.75, 3.05) is 0 Å². The van der Waals surface area contributed by atoms with E-state index >= 15 is 0 Å². The van der Waals surface area contributed by atoms with Crippen LogP contribution in [0.3, 0.4) is 0 Å². The first kappa shape index (κ1) is 20.7. The first-order chi connectivity index (χ1) is 15.3. The molecule has 1 saturated carbocycles. The van der Waals surface area contributed by atoms with Crippen LogP contribution in [0.15, 0.2) is 24.4 Å². The molecule has 32 heavy (non-hydrogen) atoms. The van der Waals surface area contributed by atoms with E-state index in [0.29, 0.717) is 17.2 Å². The number of halogens is 2. The maximum absolute atomic E-state index is 13.7. The van der Waals surface area contributed by atoms with Gasteiger partial charge in [0.1, 0.15) is 17.3 Å². The first-order valence-corrected chi connectivity index (χ1v) is 11.4. The fourth-order valence-corrected chi connectivity index (χ4v) is 6.42. The fraction of sp³-hybridized carbons (Fsp3) is 0.652. The quantitative estimate of drug-likeness (QED) is 0.627. The summed E-state index contributed by atoms with van der Waals surface area (Å²) >= 11 is 0. The van der Waals surface area contributed by atoms with E-state index in [9.17, 15) is 8.78 Å². The summed E-state index contributed by atoms with van der Waals surface area (Å²) in [6.07, 6.45) is 4.40. The van der Waals surface area contributed by atoms with Gasteiger partial charge in [-0.25, -0.2) is 23.2 Å². The molecule has 1 aliphatic carbocycles. The van der Waals surface area contributed by atoms with Crippen molar-refractivity contribution in [2.45, 2.75) is 70.4 Å². The Bertz CT molecular complexity index is 1030. The minimum absolute atomic E-state index is 0.0368. The molecule has 1 spiro atoms. The molecule has 172 valence electrons. The van der Waals surface area contributed by atoms with Gasteiger partial charge in [0.05, 0.1) is 6.20 Å². The summed E-state index contributed by atoms with van der Waals surface area (Å²) in [5.74, 6) is -1.22. The highest BCUT2D eigenvalue weighted by Crippen LogP contribution is 2.61. The summed E-state index contributed by atoms with van der Waals surface area (Å²) in [6, 6.07) is 3.31. The zero-order chi connectivity index (χ0) is 22.3. The van der Waals surface area contributed by atoms with Crippen molar-refractivity contribution in [2.24, 2.45) is 23.7 Å². The molecule has 5 fully saturated rings. The number of hydrogen-bond acceptors (Lipinski definition) is 6. The molecule has 7 rings (SSSR count). The Morgan fingerprint density at radius 2 is 1.81 bits per heavy atom. The predicted molar refractivity (Wildman–Crippen MR) is 107 cm³/mol. The number of ether oxygens (including phenoxy) is 2. The molecule has 0 amide bonds. The van der Waals surface area contributed by atoms with Gasteiger partial charge >= 0.3 is 0 Å². The molecular formula is C23H27F2N3O4. The van der Waals surface area contributed by atoms with E-state index in [1.807, 2.05) is 6.92 Å². The van der Waals surface area contributed by atoms with Crippen LogP contribution in [-0.4, -0.2) is 32.7 Å². The monoisotopic (exact) mass is 447 g/mol. The van der Waals surface area contributed by atoms with E-state index in [1.54, 1.807) is 10.9 Å². The molecule has 2 bridgehead atoms. The Morgan fingerprint density at radius 3 is 2.59 bits per heavy atom. The maximum atomic E-state index is 13.7. The lowest BCUT2D eigenvalue weighted by atomic mass is 9.58. The van der Waals surface area contributed by atoms with Crippen LogP contribution in [-0.2, 0) is 19.2 Å². The molecule has 8 atom stereocenters. The highest BCUT2D eigenvalue weighted by atomic mass is 19.1. The van der Waals surface area contributed by atoms with Crippen molar-refractivity contribution in [3.8, 4) is 11.3 Å². The average molecular weight is 447 g/mol. The number of aromatic nitrogens is 3. The molecule has 4 saturated heterocycles. The third kappa shape index (κ3) is 2.91. The number of rotatable bonds is 2. The molecule has 2 aromatic rings. The molecule has 0 radical (unpaired) electrons. The van der Waals surface area contributed by atoms with E-state index in [-0.39, 0.29) is 17.8 Å². The van der Waals surface area contributed by atoms with Crippen LogP contribution in [0.25, 0.3) is 11.3 Å². The summed E-state index contributed by atoms with van der Waals surface area (Å²) in [6.45, 7) is 6.29. The maximum Gasteiger partial charge on any atom is 0.201 e. The second-order valence-electron chi connectivity index (χ2n) is 10.0. The van der Waals surface area contributed by atoms with Crippen molar-refractivity contribution in [1.29, 1.82) is 0 Å². The number of fused-ring (bicyclic) bond motifs is 2. The first-order valence-electron chi connectivity index (χ1n) is 11.4. The van der Waals surface area contributed by atoms with E-state index in [2.05, 4.69) is 24.2 Å². The SMILES string of the molecule is C[C@H]1[C@H](n2cc(-c3cc(F)cc(F)c3)nn2)O[C@@H]2O[C@]3(C)CC[C@H]4[C@H](C)CC[C@@H]1[C@@]24OO3. The zero-order valence-corrected chi connectivity index (χ0v) is 18.3. The number of benzene rings is 1. The van der Waals surface area contributed by atoms with Gasteiger partial charge in [0.2, 0.25) is 5.79 Å². The lowest BCUT2D eigenvalue weighted by Gasteiger charge is -2.60. The van der Waals surface area contributed by atoms with Crippen LogP contribution in [0.5, 0.6) is 0 Å². The molecule has 5 aliphatic rings. The van der Waals surface area contributed by atoms with Gasteiger partial charge in [0.25, 0.3) is 0 Å². The lowest BCUT2D eigenvalue weighted by Crippen LogP contribution is -2.69. The van der Waals surface area contributed by atoms with E-state index in [1.165, 1.54) is 12.1 Å². The van der Waals surface area contributed by atoms with Gasteiger partial charge in [-0.3, -0.25) is 0 Å². The molecule has 7 nitrogen and oxygen atoms in total. The Morgan fingerprint density at radius 1 is 1.03 bits per heavy atom. The van der Waals surface area contributed by atoms with Crippen LogP contribution >= 0.6 is 0 Å². The highest BCUT2D eigenvalue weighted by Gasteiger charge is 2.69. The summed E-state index contributed by atoms with van der Waals surface area (Å²) in [4.78, 5) is 12.0. The highest BCUT2D eigenvalue weighted by molar-refractivity contribution is 5.57. The minimum Gasteiger partial charge on any atom is -0.324 e. The van der Waals surface area contributed by atoms with Crippen molar-refractivity contribution in [3.05, 3.63) is 36.0 Å². The summed E-state index contributed by atoms with van der Waals surface area (Å²) < 4.78 is 41.9. The molecule has 4 aliphatic heterocycles. The fourth-order valence-electron chi connectivity index (χ4n) is 6.42. The van der Waals surface area contributed by atoms with Crippen LogP contribution < -0.4 is 0 Å². The topological polar surface area (TPSA) is 67.6 Å². The van der Waals surface area contributed by atoms with Crippen LogP contribution in [0, 0.1) is 35.3 Å². The standard InChI is InChI=1S/C23H27F2N3O4/c1-12-4-5-18-13(2)20(28-11-19(26-27-28)14-8-15(24)10-16(25)9-14)29-21-23(18)17(12)6-7-22(3,30-21)31-32-23/h8-13,17-18,20-21H,4-7H2,1-3H3/t12-,13-,17+,18+,20-,21-,22+,23-/m1/s1. The second kappa shape index (κ2) is 7.03. The normalized spacial score (nSPS) is 43.0. The molecule has 1 aromatic carbocycles. The van der Waals surface area contributed by atoms with Crippen LogP contribution in [0.2, 0.25) is 0 Å². The molecule has 0 N–H and O–H groups in total. The van der Waals surface area contributed by atoms with Crippen molar-refractivity contribution in [3.63, 3.8) is 0 Å². The van der Waals surface area contributed by atoms with Gasteiger partial charge < -0.3 is 9.47 Å². The zero-order valence-electron chi connectivity index (χ0n) is 18.3. The third-order valence-electron chi connectivity index (χ3n) is 8.05. The smallest absolute Gasteiger partial charge is 0.201 e. The Hall–Kier alpha value is -1.94. The van der Waals surface area contributed by atoms with Crippen molar-refractivity contribution >= 4 is 0 Å².